The van der Waals surface area contributed by atoms with Gasteiger partial charge in [0.05, 0.1) is 0 Å². The maximum Gasteiger partial charge on any atom is 0.261 e. The number of carbonyl (C=O) groups is 2. The fraction of sp³-hybridized carbons (Fsp3) is 0.269. The van der Waals surface area contributed by atoms with Crippen molar-refractivity contribution in [3.63, 3.8) is 0 Å². The van der Waals surface area contributed by atoms with Crippen LogP contribution >= 0.6 is 0 Å². The van der Waals surface area contributed by atoms with Crippen molar-refractivity contribution in [3.8, 4) is 11.5 Å². The zero-order valence-electron chi connectivity index (χ0n) is 18.3. The second kappa shape index (κ2) is 9.22. The van der Waals surface area contributed by atoms with Gasteiger partial charge >= 0.3 is 0 Å². The number of carbonyl (C=O) groups excluding carboxylic acids is 2. The molecule has 2 aromatic carbocycles. The topological polar surface area (TPSA) is 79.5 Å². The number of aryl methyl sites for hydroxylation is 2. The van der Waals surface area contributed by atoms with Crippen molar-refractivity contribution in [3.05, 3.63) is 93.4 Å². The number of pyridine rings is 1. The van der Waals surface area contributed by atoms with Crippen LogP contribution in [0.1, 0.15) is 44.8 Å². The van der Waals surface area contributed by atoms with Gasteiger partial charge in [-0.05, 0) is 74.7 Å². The summed E-state index contributed by atoms with van der Waals surface area (Å²) in [6.45, 7) is 4.51. The lowest BCUT2D eigenvalue weighted by Crippen LogP contribution is -2.44. The average Bonchev–Trinajstić information content (AvgIpc) is 2.82. The highest BCUT2D eigenvalue weighted by Crippen LogP contribution is 2.25. The summed E-state index contributed by atoms with van der Waals surface area (Å²) in [5.41, 5.74) is 1.94. The summed E-state index contributed by atoms with van der Waals surface area (Å²) in [7, 11) is 0. The Bertz CT molecular complexity index is 1180. The Morgan fingerprint density at radius 2 is 1.69 bits per heavy atom. The maximum absolute atomic E-state index is 13.1. The number of hydrogen-bond donors (Lipinski definition) is 1. The van der Waals surface area contributed by atoms with E-state index in [0.29, 0.717) is 30.8 Å². The van der Waals surface area contributed by atoms with Crippen LogP contribution in [0.2, 0.25) is 0 Å². The molecular formula is C26H26N2O4. The second-order valence-electron chi connectivity index (χ2n) is 8.21. The van der Waals surface area contributed by atoms with Crippen molar-refractivity contribution >= 4 is 11.7 Å². The molecule has 32 heavy (non-hydrogen) atoms. The number of nitrogens with zero attached hydrogens (tertiary/aromatic N) is 1. The number of H-pyrrole nitrogens is 1. The van der Waals surface area contributed by atoms with Crippen LogP contribution in [0.15, 0.2) is 65.5 Å². The third kappa shape index (κ3) is 4.64. The lowest BCUT2D eigenvalue weighted by molar-refractivity contribution is 0.0635. The average molecular weight is 431 g/mol. The smallest absolute Gasteiger partial charge is 0.261 e. The molecule has 0 spiro atoms. The number of para-hydroxylation sites is 1. The first-order valence-corrected chi connectivity index (χ1v) is 10.8. The summed E-state index contributed by atoms with van der Waals surface area (Å²) < 4.78 is 5.79. The Hall–Kier alpha value is -3.67. The lowest BCUT2D eigenvalue weighted by atomic mass is 9.89. The van der Waals surface area contributed by atoms with E-state index in [4.69, 9.17) is 4.74 Å². The molecule has 1 amide bonds. The van der Waals surface area contributed by atoms with Gasteiger partial charge in [0.25, 0.3) is 11.5 Å². The molecular weight excluding hydrogens is 404 g/mol. The number of aromatic amines is 1. The largest absolute Gasteiger partial charge is 0.457 e. The molecule has 0 radical (unpaired) electrons. The molecule has 1 N–H and O–H groups in total. The molecule has 0 saturated carbocycles. The van der Waals surface area contributed by atoms with E-state index in [-0.39, 0.29) is 28.7 Å². The molecule has 3 aromatic rings. The van der Waals surface area contributed by atoms with Crippen LogP contribution < -0.4 is 10.3 Å². The highest BCUT2D eigenvalue weighted by Gasteiger charge is 2.30. The summed E-state index contributed by atoms with van der Waals surface area (Å²) in [6, 6.07) is 18.2. The Morgan fingerprint density at radius 3 is 2.41 bits per heavy atom. The Morgan fingerprint density at radius 1 is 1.00 bits per heavy atom. The fourth-order valence-electron chi connectivity index (χ4n) is 3.98. The lowest BCUT2D eigenvalue weighted by Gasteiger charge is -2.32. The molecule has 1 fully saturated rings. The number of ether oxygens (including phenoxy) is 1. The number of aromatic nitrogens is 1. The van der Waals surface area contributed by atoms with E-state index in [1.54, 1.807) is 42.2 Å². The molecule has 1 saturated heterocycles. The van der Waals surface area contributed by atoms with E-state index >= 15 is 0 Å². The molecule has 4 rings (SSSR count). The Balaban J connectivity index is 1.45. The van der Waals surface area contributed by atoms with Crippen molar-refractivity contribution in [2.24, 2.45) is 5.92 Å². The van der Waals surface area contributed by atoms with E-state index in [1.807, 2.05) is 37.3 Å². The van der Waals surface area contributed by atoms with Crippen LogP contribution in [0.5, 0.6) is 11.5 Å². The minimum absolute atomic E-state index is 0.00255. The van der Waals surface area contributed by atoms with E-state index in [2.05, 4.69) is 4.98 Å². The van der Waals surface area contributed by atoms with Crippen LogP contribution in [-0.2, 0) is 0 Å². The number of Topliss-reactive ketones (excluding diaryl/α,β-unsaturated/α-hetero) is 1. The van der Waals surface area contributed by atoms with Gasteiger partial charge in [0.1, 0.15) is 17.1 Å². The number of nitrogens with one attached hydrogen (secondary N) is 1. The molecule has 1 unspecified atom stereocenters. The van der Waals surface area contributed by atoms with Crippen molar-refractivity contribution in [2.75, 3.05) is 13.1 Å². The normalized spacial score (nSPS) is 15.9. The van der Waals surface area contributed by atoms with Gasteiger partial charge < -0.3 is 14.6 Å². The zero-order chi connectivity index (χ0) is 22.7. The van der Waals surface area contributed by atoms with E-state index in [1.165, 1.54) is 0 Å². The molecule has 1 aliphatic rings. The molecule has 6 heteroatoms. The molecule has 1 atom stereocenters. The number of amides is 1. The molecule has 2 heterocycles. The highest BCUT2D eigenvalue weighted by atomic mass is 16.5. The predicted molar refractivity (Wildman–Crippen MR) is 122 cm³/mol. The third-order valence-electron chi connectivity index (χ3n) is 5.93. The second-order valence-corrected chi connectivity index (χ2v) is 8.21. The van der Waals surface area contributed by atoms with Crippen molar-refractivity contribution in [2.45, 2.75) is 26.7 Å². The van der Waals surface area contributed by atoms with Gasteiger partial charge in [-0.25, -0.2) is 0 Å². The van der Waals surface area contributed by atoms with Crippen LogP contribution in [0.3, 0.4) is 0 Å². The molecule has 6 nitrogen and oxygen atoms in total. The summed E-state index contributed by atoms with van der Waals surface area (Å²) >= 11 is 0. The highest BCUT2D eigenvalue weighted by molar-refractivity contribution is 5.99. The number of rotatable bonds is 5. The van der Waals surface area contributed by atoms with Gasteiger partial charge in [-0.2, -0.15) is 0 Å². The molecule has 164 valence electrons. The predicted octanol–water partition coefficient (Wildman–Crippen LogP) is 4.52. The molecule has 0 bridgehead atoms. The minimum Gasteiger partial charge on any atom is -0.457 e. The van der Waals surface area contributed by atoms with Gasteiger partial charge in [-0.15, -0.1) is 0 Å². The molecule has 1 aromatic heterocycles. The van der Waals surface area contributed by atoms with E-state index in [0.717, 1.165) is 23.4 Å². The first-order valence-electron chi connectivity index (χ1n) is 10.8. The number of hydrogen-bond acceptors (Lipinski definition) is 4. The summed E-state index contributed by atoms with van der Waals surface area (Å²) in [5, 5.41) is 0. The Kier molecular flexibility index (Phi) is 6.21. The van der Waals surface area contributed by atoms with Gasteiger partial charge in [0.15, 0.2) is 5.78 Å². The van der Waals surface area contributed by atoms with Gasteiger partial charge in [0, 0.05) is 30.3 Å². The first kappa shape index (κ1) is 21.6. The summed E-state index contributed by atoms with van der Waals surface area (Å²) in [6.07, 6.45) is 1.44. The first-order chi connectivity index (χ1) is 15.4. The molecule has 0 aliphatic carbocycles. The van der Waals surface area contributed by atoms with Crippen LogP contribution in [0.4, 0.5) is 0 Å². The monoisotopic (exact) mass is 430 g/mol. The third-order valence-corrected chi connectivity index (χ3v) is 5.93. The van der Waals surface area contributed by atoms with Crippen molar-refractivity contribution in [1.29, 1.82) is 0 Å². The van der Waals surface area contributed by atoms with Gasteiger partial charge in [-0.1, -0.05) is 18.2 Å². The van der Waals surface area contributed by atoms with Crippen molar-refractivity contribution < 1.29 is 14.3 Å². The summed E-state index contributed by atoms with van der Waals surface area (Å²) in [4.78, 5) is 42.7. The summed E-state index contributed by atoms with van der Waals surface area (Å²) in [5.74, 6) is 0.775. The van der Waals surface area contributed by atoms with E-state index < -0.39 is 0 Å². The number of piperidine rings is 1. The van der Waals surface area contributed by atoms with Crippen LogP contribution in [0, 0.1) is 19.8 Å². The van der Waals surface area contributed by atoms with Crippen LogP contribution in [0.25, 0.3) is 0 Å². The minimum atomic E-state index is -0.388. The number of benzene rings is 2. The fourth-order valence-corrected chi connectivity index (χ4v) is 3.98. The van der Waals surface area contributed by atoms with Gasteiger partial charge in [-0.3, -0.25) is 14.4 Å². The quantitative estimate of drug-likeness (QED) is 0.604. The number of likely N-dealkylation sites (tertiary alicyclic amines) is 1. The van der Waals surface area contributed by atoms with E-state index in [9.17, 15) is 14.4 Å². The van der Waals surface area contributed by atoms with Gasteiger partial charge in [0.2, 0.25) is 0 Å². The zero-order valence-corrected chi connectivity index (χ0v) is 18.3. The standard InChI is InChI=1S/C26H26N2O4/c1-17-15-23(25(30)27-18(17)2)26(31)28-14-6-7-20(16-28)24(29)19-10-12-22(13-11-19)32-21-8-4-3-5-9-21/h3-5,8-13,15,20H,6-7,14,16H2,1-2H3,(H,27,30). The SMILES string of the molecule is Cc1cc(C(=O)N2CCCC(C(=O)c3ccc(Oc4ccccc4)cc3)C2)c(=O)[nH]c1C. The number of ketones is 1. The maximum atomic E-state index is 13.1. The van der Waals surface area contributed by atoms with Crippen molar-refractivity contribution in [1.82, 2.24) is 9.88 Å². The Labute approximate surface area is 186 Å². The molecule has 1 aliphatic heterocycles. The van der Waals surface area contributed by atoms with Crippen LogP contribution in [-0.4, -0.2) is 34.7 Å².